The molecular weight excluding hydrogens is 608 g/mol. The van der Waals surface area contributed by atoms with Gasteiger partial charge in [0.1, 0.15) is 0 Å². The largest absolute Gasteiger partial charge is 0.493 e. The first-order chi connectivity index (χ1) is 21.9. The molecule has 0 aliphatic heterocycles. The third-order valence-corrected chi connectivity index (χ3v) is 5.83. The Morgan fingerprint density at radius 1 is 0.696 bits per heavy atom. The minimum Gasteiger partial charge on any atom is -0.493 e. The highest BCUT2D eigenvalue weighted by molar-refractivity contribution is 6.01. The van der Waals surface area contributed by atoms with Crippen LogP contribution in [0, 0.1) is 11.3 Å². The maximum absolute atomic E-state index is 13.4. The third kappa shape index (κ3) is 8.80. The number of methoxy groups -OCH3 is 2. The van der Waals surface area contributed by atoms with Gasteiger partial charge in [-0.05, 0) is 60.7 Å². The second kappa shape index (κ2) is 15.3. The zero-order valence-electron chi connectivity index (χ0n) is 24.7. The molecule has 0 aliphatic rings. The van der Waals surface area contributed by atoms with Gasteiger partial charge in [-0.3, -0.25) is 14.4 Å². The van der Waals surface area contributed by atoms with Gasteiger partial charge in [0.15, 0.2) is 23.0 Å². The SMILES string of the molecule is COc1cc(C(=O)O[C@H](C(=O)O)[C@@H](OC(=O)c2ccc(OC(C)=O)c(OC)c2)C(=O)Nc2ccc(C#N)cc2)ccc1OC(C)=O. The Morgan fingerprint density at radius 2 is 1.15 bits per heavy atom. The van der Waals surface area contributed by atoms with Crippen LogP contribution in [0.4, 0.5) is 5.69 Å². The second-order valence-electron chi connectivity index (χ2n) is 9.09. The van der Waals surface area contributed by atoms with Crippen molar-refractivity contribution >= 4 is 41.4 Å². The lowest BCUT2D eigenvalue weighted by atomic mass is 10.1. The zero-order chi connectivity index (χ0) is 34.0. The monoisotopic (exact) mass is 634 g/mol. The molecule has 0 heterocycles. The van der Waals surface area contributed by atoms with Crippen molar-refractivity contribution in [3.8, 4) is 29.1 Å². The molecule has 1 amide bonds. The molecule has 3 aromatic rings. The van der Waals surface area contributed by atoms with Crippen LogP contribution in [0.25, 0.3) is 0 Å². The number of rotatable bonds is 12. The standard InChI is InChI=1S/C31H26N2O13/c1-16(34)43-22-11-7-19(13-24(22)41-3)30(39)45-26(28(36)33-21-9-5-18(15-32)6-10-21)27(29(37)38)46-31(40)20-8-12-23(44-17(2)35)25(14-20)42-4/h5-14,26-27H,1-4H3,(H,33,36)(H,37,38)/t26-,27+/m1/s1. The zero-order valence-corrected chi connectivity index (χ0v) is 24.7. The third-order valence-electron chi connectivity index (χ3n) is 5.83. The van der Waals surface area contributed by atoms with E-state index in [0.717, 1.165) is 38.1 Å². The fourth-order valence-electron chi connectivity index (χ4n) is 3.77. The molecule has 0 aromatic heterocycles. The molecule has 15 nitrogen and oxygen atoms in total. The van der Waals surface area contributed by atoms with E-state index in [-0.39, 0.29) is 45.4 Å². The van der Waals surface area contributed by atoms with Crippen molar-refractivity contribution in [1.82, 2.24) is 0 Å². The first kappa shape index (κ1) is 34.1. The van der Waals surface area contributed by atoms with Gasteiger partial charge >= 0.3 is 29.8 Å². The average molecular weight is 635 g/mol. The van der Waals surface area contributed by atoms with Crippen LogP contribution in [-0.2, 0) is 28.7 Å². The number of amides is 1. The van der Waals surface area contributed by atoms with Crippen LogP contribution < -0.4 is 24.3 Å². The average Bonchev–Trinajstić information content (AvgIpc) is 3.02. The Kier molecular flexibility index (Phi) is 11.4. The number of carboxylic acid groups (broad SMARTS) is 1. The number of esters is 4. The summed E-state index contributed by atoms with van der Waals surface area (Å²) in [5, 5.41) is 21.4. The van der Waals surface area contributed by atoms with Crippen LogP contribution in [0.2, 0.25) is 0 Å². The summed E-state index contributed by atoms with van der Waals surface area (Å²) in [7, 11) is 2.47. The molecule has 238 valence electrons. The maximum atomic E-state index is 13.4. The summed E-state index contributed by atoms with van der Waals surface area (Å²) in [5.74, 6) is -7.09. The molecule has 46 heavy (non-hydrogen) atoms. The highest BCUT2D eigenvalue weighted by Crippen LogP contribution is 2.30. The Bertz CT molecular complexity index is 1710. The van der Waals surface area contributed by atoms with Crippen LogP contribution in [0.5, 0.6) is 23.0 Å². The minimum absolute atomic E-state index is 0.0332. The number of benzene rings is 3. The Balaban J connectivity index is 1.97. The predicted molar refractivity (Wildman–Crippen MR) is 154 cm³/mol. The topological polar surface area (TPSA) is 214 Å². The van der Waals surface area contributed by atoms with Crippen molar-refractivity contribution in [2.24, 2.45) is 0 Å². The van der Waals surface area contributed by atoms with E-state index in [0.29, 0.717) is 0 Å². The first-order valence-electron chi connectivity index (χ1n) is 13.1. The molecule has 2 atom stereocenters. The molecule has 0 unspecified atom stereocenters. The molecular formula is C31H26N2O13. The molecule has 0 aliphatic carbocycles. The first-order valence-corrected chi connectivity index (χ1v) is 13.1. The van der Waals surface area contributed by atoms with Gasteiger partial charge in [0.25, 0.3) is 5.91 Å². The summed E-state index contributed by atoms with van der Waals surface area (Å²) in [4.78, 5) is 74.8. The second-order valence-corrected chi connectivity index (χ2v) is 9.09. The highest BCUT2D eigenvalue weighted by Gasteiger charge is 2.41. The fourth-order valence-corrected chi connectivity index (χ4v) is 3.77. The van der Waals surface area contributed by atoms with Gasteiger partial charge in [-0.25, -0.2) is 14.4 Å². The van der Waals surface area contributed by atoms with Gasteiger partial charge in [0.05, 0.1) is 37.0 Å². The van der Waals surface area contributed by atoms with E-state index in [1.807, 2.05) is 6.07 Å². The summed E-state index contributed by atoms with van der Waals surface area (Å²) in [6, 6.07) is 14.3. The van der Waals surface area contributed by atoms with Crippen LogP contribution >= 0.6 is 0 Å². The smallest absolute Gasteiger partial charge is 0.349 e. The number of anilines is 1. The minimum atomic E-state index is -2.39. The number of carbonyl (C=O) groups excluding carboxylic acids is 5. The van der Waals surface area contributed by atoms with Crippen molar-refractivity contribution in [2.45, 2.75) is 26.1 Å². The number of ether oxygens (including phenoxy) is 6. The summed E-state index contributed by atoms with van der Waals surface area (Å²) in [5.41, 5.74) is -0.147. The molecule has 0 fully saturated rings. The van der Waals surface area contributed by atoms with E-state index in [1.54, 1.807) is 0 Å². The molecule has 0 saturated heterocycles. The van der Waals surface area contributed by atoms with Gasteiger partial charge in [-0.15, -0.1) is 0 Å². The number of aliphatic carboxylic acids is 1. The molecule has 15 heteroatoms. The molecule has 0 saturated carbocycles. The van der Waals surface area contributed by atoms with Crippen LogP contribution in [0.1, 0.15) is 40.1 Å². The van der Waals surface area contributed by atoms with E-state index in [9.17, 15) is 33.9 Å². The molecule has 3 rings (SSSR count). The fraction of sp³-hybridized carbons (Fsp3) is 0.194. The number of nitrogens with zero attached hydrogens (tertiary/aromatic N) is 1. The Morgan fingerprint density at radius 3 is 1.54 bits per heavy atom. The lowest BCUT2D eigenvalue weighted by molar-refractivity contribution is -0.157. The van der Waals surface area contributed by atoms with E-state index in [2.05, 4.69) is 5.32 Å². The van der Waals surface area contributed by atoms with Crippen molar-refractivity contribution < 1.29 is 62.3 Å². The molecule has 3 aromatic carbocycles. The van der Waals surface area contributed by atoms with Gasteiger partial charge < -0.3 is 38.8 Å². The van der Waals surface area contributed by atoms with E-state index in [4.69, 9.17) is 33.7 Å². The van der Waals surface area contributed by atoms with E-state index >= 15 is 0 Å². The Hall–Kier alpha value is -6.43. The maximum Gasteiger partial charge on any atom is 0.349 e. The molecule has 0 bridgehead atoms. The summed E-state index contributed by atoms with van der Waals surface area (Å²) in [6.07, 6.45) is -4.66. The number of nitrogens with one attached hydrogen (secondary N) is 1. The van der Waals surface area contributed by atoms with Crippen LogP contribution in [0.15, 0.2) is 60.7 Å². The van der Waals surface area contributed by atoms with Gasteiger partial charge in [-0.2, -0.15) is 5.26 Å². The van der Waals surface area contributed by atoms with Crippen molar-refractivity contribution in [3.63, 3.8) is 0 Å². The number of hydrogen-bond donors (Lipinski definition) is 2. The molecule has 2 N–H and O–H groups in total. The molecule has 0 radical (unpaired) electrons. The van der Waals surface area contributed by atoms with Crippen LogP contribution in [-0.4, -0.2) is 67.3 Å². The molecule has 0 spiro atoms. The van der Waals surface area contributed by atoms with E-state index < -0.39 is 48.0 Å². The Labute approximate surface area is 261 Å². The van der Waals surface area contributed by atoms with E-state index in [1.165, 1.54) is 50.6 Å². The van der Waals surface area contributed by atoms with Crippen molar-refractivity contribution in [1.29, 1.82) is 5.26 Å². The summed E-state index contributed by atoms with van der Waals surface area (Å²) >= 11 is 0. The number of carboxylic acids is 1. The van der Waals surface area contributed by atoms with Crippen LogP contribution in [0.3, 0.4) is 0 Å². The number of carbonyl (C=O) groups is 6. The number of hydrogen-bond acceptors (Lipinski definition) is 13. The summed E-state index contributed by atoms with van der Waals surface area (Å²) in [6.45, 7) is 2.30. The summed E-state index contributed by atoms with van der Waals surface area (Å²) < 4.78 is 30.7. The lowest BCUT2D eigenvalue weighted by Crippen LogP contribution is -2.48. The predicted octanol–water partition coefficient (Wildman–Crippen LogP) is 2.90. The van der Waals surface area contributed by atoms with Gasteiger partial charge in [0, 0.05) is 19.5 Å². The van der Waals surface area contributed by atoms with Gasteiger partial charge in [0.2, 0.25) is 12.2 Å². The van der Waals surface area contributed by atoms with Crippen molar-refractivity contribution in [3.05, 3.63) is 77.4 Å². The lowest BCUT2D eigenvalue weighted by Gasteiger charge is -2.24. The van der Waals surface area contributed by atoms with Crippen molar-refractivity contribution in [2.75, 3.05) is 19.5 Å². The van der Waals surface area contributed by atoms with Gasteiger partial charge in [-0.1, -0.05) is 0 Å². The normalized spacial score (nSPS) is 11.5. The highest BCUT2D eigenvalue weighted by atomic mass is 16.6. The quantitative estimate of drug-likeness (QED) is 0.217. The number of nitriles is 1.